The molecule has 0 aromatic carbocycles. The summed E-state index contributed by atoms with van der Waals surface area (Å²) in [5.74, 6) is 2.14. The van der Waals surface area contributed by atoms with Crippen LogP contribution in [0.3, 0.4) is 0 Å². The molecule has 0 heterocycles. The average molecular weight is 254 g/mol. The Balaban J connectivity index is 2.01. The lowest BCUT2D eigenvalue weighted by Gasteiger charge is -2.14. The molecule has 0 bridgehead atoms. The van der Waals surface area contributed by atoms with Crippen molar-refractivity contribution >= 4 is 42.4 Å². The molecule has 0 saturated heterocycles. The van der Waals surface area contributed by atoms with E-state index >= 15 is 0 Å². The fourth-order valence-corrected chi connectivity index (χ4v) is 6.14. The lowest BCUT2D eigenvalue weighted by molar-refractivity contribution is 1.10. The summed E-state index contributed by atoms with van der Waals surface area (Å²) in [5.41, 5.74) is 0. The van der Waals surface area contributed by atoms with Gasteiger partial charge in [0.15, 0.2) is 0 Å². The molecule has 0 spiro atoms. The molecule has 0 aromatic heterocycles. The Bertz CT molecular complexity index is 126. The standard InChI is InChI=1S/C9H20P2S2/c12-7-1-5-10-9(3-4-9)11-6-2-8-13/h10-13H,1-8H2. The van der Waals surface area contributed by atoms with Gasteiger partial charge in [0, 0.05) is 4.90 Å². The lowest BCUT2D eigenvalue weighted by Crippen LogP contribution is -1.95. The van der Waals surface area contributed by atoms with Gasteiger partial charge in [0.25, 0.3) is 0 Å². The monoisotopic (exact) mass is 254 g/mol. The van der Waals surface area contributed by atoms with Crippen LogP contribution in [0.5, 0.6) is 0 Å². The molecule has 2 unspecified atom stereocenters. The molecular weight excluding hydrogens is 234 g/mol. The second-order valence-electron chi connectivity index (χ2n) is 3.59. The van der Waals surface area contributed by atoms with Crippen molar-refractivity contribution in [1.29, 1.82) is 0 Å². The summed E-state index contributed by atoms with van der Waals surface area (Å²) in [6, 6.07) is 0. The van der Waals surface area contributed by atoms with Crippen LogP contribution in [0, 0.1) is 0 Å². The van der Waals surface area contributed by atoms with Crippen LogP contribution in [0.25, 0.3) is 0 Å². The summed E-state index contributed by atoms with van der Waals surface area (Å²) < 4.78 is 0. The number of rotatable bonds is 8. The van der Waals surface area contributed by atoms with Crippen molar-refractivity contribution in [2.75, 3.05) is 23.8 Å². The first-order chi connectivity index (χ1) is 6.33. The summed E-state index contributed by atoms with van der Waals surface area (Å²) in [6.07, 6.45) is 8.53. The highest BCUT2D eigenvalue weighted by Gasteiger charge is 2.40. The molecule has 0 radical (unpaired) electrons. The van der Waals surface area contributed by atoms with E-state index in [4.69, 9.17) is 0 Å². The van der Waals surface area contributed by atoms with Crippen molar-refractivity contribution in [3.05, 3.63) is 0 Å². The Kier molecular flexibility index (Phi) is 6.74. The second-order valence-corrected chi connectivity index (χ2v) is 8.61. The number of hydrogen-bond acceptors (Lipinski definition) is 2. The Morgan fingerprint density at radius 2 is 1.38 bits per heavy atom. The zero-order valence-corrected chi connectivity index (χ0v) is 11.8. The minimum atomic E-state index is 0.839. The Morgan fingerprint density at radius 1 is 0.923 bits per heavy atom. The molecule has 0 aromatic rings. The minimum Gasteiger partial charge on any atom is -0.179 e. The topological polar surface area (TPSA) is 0 Å². The van der Waals surface area contributed by atoms with Crippen LogP contribution >= 0.6 is 42.4 Å². The van der Waals surface area contributed by atoms with E-state index in [2.05, 4.69) is 25.3 Å². The molecule has 2 atom stereocenters. The highest BCUT2D eigenvalue weighted by Crippen LogP contribution is 2.63. The molecule has 13 heavy (non-hydrogen) atoms. The summed E-state index contributed by atoms with van der Waals surface area (Å²) in [5, 5.41) is 0. The maximum atomic E-state index is 4.25. The van der Waals surface area contributed by atoms with E-state index in [9.17, 15) is 0 Å². The van der Waals surface area contributed by atoms with E-state index in [1.165, 1.54) is 55.2 Å². The van der Waals surface area contributed by atoms with Gasteiger partial charge < -0.3 is 0 Å². The van der Waals surface area contributed by atoms with Crippen molar-refractivity contribution in [2.45, 2.75) is 30.6 Å². The second kappa shape index (κ2) is 6.94. The maximum absolute atomic E-state index is 4.25. The van der Waals surface area contributed by atoms with Crippen molar-refractivity contribution in [1.82, 2.24) is 0 Å². The smallest absolute Gasteiger partial charge is 0.00507 e. The van der Waals surface area contributed by atoms with Crippen molar-refractivity contribution < 1.29 is 0 Å². The van der Waals surface area contributed by atoms with E-state index in [1.54, 1.807) is 0 Å². The van der Waals surface area contributed by atoms with Gasteiger partial charge >= 0.3 is 0 Å². The first-order valence-electron chi connectivity index (χ1n) is 5.05. The molecule has 0 nitrogen and oxygen atoms in total. The predicted molar refractivity (Wildman–Crippen MR) is 75.3 cm³/mol. The molecule has 78 valence electrons. The highest BCUT2D eigenvalue weighted by molar-refractivity contribution is 7.80. The van der Waals surface area contributed by atoms with Crippen molar-refractivity contribution in [2.24, 2.45) is 0 Å². The van der Waals surface area contributed by atoms with Crippen LogP contribution in [-0.4, -0.2) is 28.7 Å². The molecule has 0 amide bonds. The van der Waals surface area contributed by atoms with E-state index in [1.807, 2.05) is 0 Å². The Morgan fingerprint density at radius 3 is 1.69 bits per heavy atom. The largest absolute Gasteiger partial charge is 0.179 e. The molecule has 1 aliphatic carbocycles. The molecule has 1 rings (SSSR count). The first kappa shape index (κ1) is 12.6. The molecule has 0 N–H and O–H groups in total. The van der Waals surface area contributed by atoms with Gasteiger partial charge in [-0.15, -0.1) is 17.2 Å². The van der Waals surface area contributed by atoms with E-state index in [-0.39, 0.29) is 0 Å². The summed E-state index contributed by atoms with van der Waals surface area (Å²) in [7, 11) is 2.45. The van der Waals surface area contributed by atoms with Gasteiger partial charge in [0.1, 0.15) is 0 Å². The van der Waals surface area contributed by atoms with Crippen LogP contribution in [0.15, 0.2) is 0 Å². The van der Waals surface area contributed by atoms with Crippen LogP contribution in [0.2, 0.25) is 0 Å². The highest BCUT2D eigenvalue weighted by atomic mass is 32.1. The summed E-state index contributed by atoms with van der Waals surface area (Å²) in [4.78, 5) is 0.839. The third-order valence-electron chi connectivity index (χ3n) is 2.35. The third kappa shape index (κ3) is 5.26. The van der Waals surface area contributed by atoms with Crippen LogP contribution in [0.1, 0.15) is 25.7 Å². The van der Waals surface area contributed by atoms with Gasteiger partial charge in [0.2, 0.25) is 0 Å². The SMILES string of the molecule is SCCCPC1(PCCCS)CC1. The van der Waals surface area contributed by atoms with Crippen LogP contribution in [0.4, 0.5) is 0 Å². The van der Waals surface area contributed by atoms with E-state index in [0.717, 1.165) is 16.4 Å². The van der Waals surface area contributed by atoms with Crippen LogP contribution < -0.4 is 0 Å². The van der Waals surface area contributed by atoms with Crippen molar-refractivity contribution in [3.63, 3.8) is 0 Å². The van der Waals surface area contributed by atoms with Gasteiger partial charge in [-0.25, -0.2) is 0 Å². The van der Waals surface area contributed by atoms with Crippen molar-refractivity contribution in [3.8, 4) is 0 Å². The maximum Gasteiger partial charge on any atom is 0.00507 e. The fourth-order valence-electron chi connectivity index (χ4n) is 1.35. The minimum absolute atomic E-state index is 0.839. The van der Waals surface area contributed by atoms with E-state index in [0.29, 0.717) is 0 Å². The van der Waals surface area contributed by atoms with E-state index < -0.39 is 0 Å². The molecule has 1 aliphatic rings. The zero-order chi connectivity index (χ0) is 9.57. The predicted octanol–water partition coefficient (Wildman–Crippen LogP) is 3.47. The first-order valence-corrected chi connectivity index (χ1v) is 8.73. The zero-order valence-electron chi connectivity index (χ0n) is 8.05. The lowest BCUT2D eigenvalue weighted by atomic mass is 10.6. The number of thiol groups is 2. The number of hydrogen-bond donors (Lipinski definition) is 2. The normalized spacial score (nSPS) is 20.8. The molecular formula is C9H20P2S2. The third-order valence-corrected chi connectivity index (χ3v) is 7.60. The van der Waals surface area contributed by atoms with Gasteiger partial charge in [0.05, 0.1) is 0 Å². The summed E-state index contributed by atoms with van der Waals surface area (Å²) in [6.45, 7) is 0. The van der Waals surface area contributed by atoms with Crippen LogP contribution in [-0.2, 0) is 0 Å². The molecule has 1 saturated carbocycles. The van der Waals surface area contributed by atoms with Gasteiger partial charge in [-0.05, 0) is 49.5 Å². The summed E-state index contributed by atoms with van der Waals surface area (Å²) >= 11 is 8.51. The quantitative estimate of drug-likeness (QED) is 0.370. The van der Waals surface area contributed by atoms with Gasteiger partial charge in [-0.2, -0.15) is 25.3 Å². The Hall–Kier alpha value is 1.56. The van der Waals surface area contributed by atoms with Gasteiger partial charge in [-0.3, -0.25) is 0 Å². The fraction of sp³-hybridized carbons (Fsp3) is 1.00. The Labute approximate surface area is 96.8 Å². The average Bonchev–Trinajstić information content (AvgIpc) is 2.87. The molecule has 1 fully saturated rings. The van der Waals surface area contributed by atoms with Gasteiger partial charge in [-0.1, -0.05) is 0 Å². The molecule has 4 heteroatoms. The molecule has 0 aliphatic heterocycles.